The fourth-order valence-electron chi connectivity index (χ4n) is 2.41. The third-order valence-corrected chi connectivity index (χ3v) is 3.73. The molecule has 1 aliphatic rings. The first kappa shape index (κ1) is 12.7. The van der Waals surface area contributed by atoms with E-state index in [-0.39, 0.29) is 0 Å². The second kappa shape index (κ2) is 6.25. The third-order valence-electron chi connectivity index (χ3n) is 3.73. The molecule has 1 N–H and O–H groups in total. The first-order valence-corrected chi connectivity index (χ1v) is 7.06. The Balaban J connectivity index is 1.65. The number of aryl methyl sites for hydroxylation is 1. The smallest absolute Gasteiger partial charge is 0.103 e. The molecular formula is C15H25NO. The van der Waals surface area contributed by atoms with Gasteiger partial charge in [0.1, 0.15) is 5.76 Å². The van der Waals surface area contributed by atoms with Gasteiger partial charge in [-0.15, -0.1) is 0 Å². The molecule has 2 heteroatoms. The van der Waals surface area contributed by atoms with Gasteiger partial charge in [0.05, 0.1) is 6.26 Å². The summed E-state index contributed by atoms with van der Waals surface area (Å²) in [5.74, 6) is 2.12. The number of hydrogen-bond donors (Lipinski definition) is 1. The summed E-state index contributed by atoms with van der Waals surface area (Å²) in [4.78, 5) is 0. The van der Waals surface area contributed by atoms with E-state index < -0.39 is 0 Å². The average molecular weight is 235 g/mol. The van der Waals surface area contributed by atoms with Crippen LogP contribution in [0.3, 0.4) is 0 Å². The Kier molecular flexibility index (Phi) is 4.66. The molecule has 1 fully saturated rings. The van der Waals surface area contributed by atoms with E-state index in [9.17, 15) is 0 Å². The van der Waals surface area contributed by atoms with E-state index in [1.807, 2.05) is 6.07 Å². The average Bonchev–Trinajstić information content (AvgIpc) is 2.98. The van der Waals surface area contributed by atoms with Gasteiger partial charge in [0.15, 0.2) is 0 Å². The lowest BCUT2D eigenvalue weighted by atomic mass is 10.0. The van der Waals surface area contributed by atoms with Crippen LogP contribution in [0.4, 0.5) is 0 Å². The molecule has 2 rings (SSSR count). The van der Waals surface area contributed by atoms with Crippen molar-refractivity contribution in [2.75, 3.05) is 0 Å². The predicted molar refractivity (Wildman–Crippen MR) is 71.0 cm³/mol. The van der Waals surface area contributed by atoms with Crippen LogP contribution in [0.25, 0.3) is 0 Å². The number of furan rings is 1. The van der Waals surface area contributed by atoms with E-state index in [4.69, 9.17) is 4.42 Å². The fourth-order valence-corrected chi connectivity index (χ4v) is 2.41. The standard InChI is InChI=1S/C15H25NO/c1-3-14(11-13-7-8-13)16-12(2)6-9-15-5-4-10-17-15/h4-5,10,12-14,16H,3,6-9,11H2,1-2H3. The SMILES string of the molecule is CCC(CC1CC1)NC(C)CCc1ccco1. The molecule has 1 aromatic heterocycles. The molecule has 0 saturated heterocycles. The molecule has 0 amide bonds. The summed E-state index contributed by atoms with van der Waals surface area (Å²) in [5, 5.41) is 3.76. The minimum absolute atomic E-state index is 0.587. The van der Waals surface area contributed by atoms with E-state index in [0.717, 1.165) is 24.5 Å². The lowest BCUT2D eigenvalue weighted by molar-refractivity contribution is 0.378. The van der Waals surface area contributed by atoms with Crippen molar-refractivity contribution in [3.05, 3.63) is 24.2 Å². The molecule has 0 radical (unpaired) electrons. The molecule has 1 aromatic rings. The minimum Gasteiger partial charge on any atom is -0.469 e. The molecule has 0 aromatic carbocycles. The Morgan fingerprint density at radius 1 is 1.47 bits per heavy atom. The van der Waals surface area contributed by atoms with Crippen LogP contribution in [-0.4, -0.2) is 12.1 Å². The topological polar surface area (TPSA) is 25.2 Å². The molecule has 2 unspecified atom stereocenters. The van der Waals surface area contributed by atoms with E-state index in [1.165, 1.54) is 25.7 Å². The van der Waals surface area contributed by atoms with Crippen molar-refractivity contribution < 1.29 is 4.42 Å². The molecule has 0 aliphatic heterocycles. The highest BCUT2D eigenvalue weighted by molar-refractivity contribution is 4.98. The van der Waals surface area contributed by atoms with Gasteiger partial charge in [0, 0.05) is 18.5 Å². The van der Waals surface area contributed by atoms with Crippen LogP contribution in [0.15, 0.2) is 22.8 Å². The zero-order valence-electron chi connectivity index (χ0n) is 11.1. The molecular weight excluding hydrogens is 210 g/mol. The molecule has 1 heterocycles. The van der Waals surface area contributed by atoms with Crippen molar-refractivity contribution in [3.8, 4) is 0 Å². The number of rotatable bonds is 8. The van der Waals surface area contributed by atoms with Crippen molar-refractivity contribution in [2.24, 2.45) is 5.92 Å². The van der Waals surface area contributed by atoms with Crippen molar-refractivity contribution in [3.63, 3.8) is 0 Å². The van der Waals surface area contributed by atoms with Gasteiger partial charge in [0.2, 0.25) is 0 Å². The molecule has 1 aliphatic carbocycles. The highest BCUT2D eigenvalue weighted by Gasteiger charge is 2.25. The molecule has 2 nitrogen and oxygen atoms in total. The lowest BCUT2D eigenvalue weighted by Crippen LogP contribution is -2.36. The maximum Gasteiger partial charge on any atom is 0.103 e. The molecule has 0 bridgehead atoms. The van der Waals surface area contributed by atoms with Gasteiger partial charge in [-0.1, -0.05) is 19.8 Å². The molecule has 17 heavy (non-hydrogen) atoms. The third kappa shape index (κ3) is 4.55. The second-order valence-corrected chi connectivity index (χ2v) is 5.47. The van der Waals surface area contributed by atoms with E-state index in [1.54, 1.807) is 6.26 Å². The Morgan fingerprint density at radius 2 is 2.29 bits per heavy atom. The minimum atomic E-state index is 0.587. The van der Waals surface area contributed by atoms with E-state index in [2.05, 4.69) is 25.2 Å². The van der Waals surface area contributed by atoms with Crippen molar-refractivity contribution in [2.45, 2.75) is 64.5 Å². The van der Waals surface area contributed by atoms with E-state index in [0.29, 0.717) is 12.1 Å². The van der Waals surface area contributed by atoms with Crippen molar-refractivity contribution >= 4 is 0 Å². The quantitative estimate of drug-likeness (QED) is 0.742. The molecule has 0 spiro atoms. The zero-order chi connectivity index (χ0) is 12.1. The highest BCUT2D eigenvalue weighted by Crippen LogP contribution is 2.34. The summed E-state index contributed by atoms with van der Waals surface area (Å²) in [6, 6.07) is 5.33. The highest BCUT2D eigenvalue weighted by atomic mass is 16.3. The first-order valence-electron chi connectivity index (χ1n) is 7.06. The van der Waals surface area contributed by atoms with Crippen molar-refractivity contribution in [1.29, 1.82) is 0 Å². The van der Waals surface area contributed by atoms with Crippen LogP contribution in [-0.2, 0) is 6.42 Å². The maximum atomic E-state index is 5.36. The Bertz CT molecular complexity index is 303. The Hall–Kier alpha value is -0.760. The predicted octanol–water partition coefficient (Wildman–Crippen LogP) is 3.77. The molecule has 2 atom stereocenters. The Morgan fingerprint density at radius 3 is 2.88 bits per heavy atom. The van der Waals surface area contributed by atoms with Crippen LogP contribution in [0.2, 0.25) is 0 Å². The summed E-state index contributed by atoms with van der Waals surface area (Å²) in [6.45, 7) is 4.58. The van der Waals surface area contributed by atoms with Crippen LogP contribution in [0.5, 0.6) is 0 Å². The summed E-state index contributed by atoms with van der Waals surface area (Å²) < 4.78 is 5.36. The van der Waals surface area contributed by atoms with Gasteiger partial charge in [-0.25, -0.2) is 0 Å². The first-order chi connectivity index (χ1) is 8.28. The van der Waals surface area contributed by atoms with Gasteiger partial charge < -0.3 is 9.73 Å². The van der Waals surface area contributed by atoms with Crippen LogP contribution < -0.4 is 5.32 Å². The summed E-state index contributed by atoms with van der Waals surface area (Å²) in [6.07, 6.45) is 9.51. The monoisotopic (exact) mass is 235 g/mol. The number of nitrogens with one attached hydrogen (secondary N) is 1. The Labute approximate surface area is 105 Å². The van der Waals surface area contributed by atoms with Gasteiger partial charge in [0.25, 0.3) is 0 Å². The zero-order valence-corrected chi connectivity index (χ0v) is 11.1. The summed E-state index contributed by atoms with van der Waals surface area (Å²) in [7, 11) is 0. The van der Waals surface area contributed by atoms with Crippen LogP contribution in [0.1, 0.15) is 51.7 Å². The maximum absolute atomic E-state index is 5.36. The van der Waals surface area contributed by atoms with Gasteiger partial charge in [-0.05, 0) is 44.2 Å². The normalized spacial score (nSPS) is 19.2. The summed E-state index contributed by atoms with van der Waals surface area (Å²) >= 11 is 0. The fraction of sp³-hybridized carbons (Fsp3) is 0.733. The van der Waals surface area contributed by atoms with Gasteiger partial charge in [-0.3, -0.25) is 0 Å². The summed E-state index contributed by atoms with van der Waals surface area (Å²) in [5.41, 5.74) is 0. The van der Waals surface area contributed by atoms with E-state index >= 15 is 0 Å². The second-order valence-electron chi connectivity index (χ2n) is 5.47. The van der Waals surface area contributed by atoms with Gasteiger partial charge in [-0.2, -0.15) is 0 Å². The van der Waals surface area contributed by atoms with Crippen molar-refractivity contribution in [1.82, 2.24) is 5.32 Å². The molecule has 1 saturated carbocycles. The lowest BCUT2D eigenvalue weighted by Gasteiger charge is -2.22. The van der Waals surface area contributed by atoms with Gasteiger partial charge >= 0.3 is 0 Å². The number of hydrogen-bond acceptors (Lipinski definition) is 2. The van der Waals surface area contributed by atoms with Crippen LogP contribution in [0, 0.1) is 5.92 Å². The molecule has 96 valence electrons. The largest absolute Gasteiger partial charge is 0.469 e. The van der Waals surface area contributed by atoms with Crippen LogP contribution >= 0.6 is 0 Å².